The molecule has 0 bridgehead atoms. The number of nitrogens with zero attached hydrogens (tertiary/aromatic N) is 3. The Morgan fingerprint density at radius 1 is 1.11 bits per heavy atom. The lowest BCUT2D eigenvalue weighted by atomic mass is 10.1. The van der Waals surface area contributed by atoms with Gasteiger partial charge in [-0.25, -0.2) is 4.98 Å². The Morgan fingerprint density at radius 2 is 2.00 bits per heavy atom. The van der Waals surface area contributed by atoms with Gasteiger partial charge in [0.25, 0.3) is 0 Å². The molecule has 3 aromatic rings. The van der Waals surface area contributed by atoms with E-state index in [9.17, 15) is 0 Å². The van der Waals surface area contributed by atoms with E-state index in [4.69, 9.17) is 0 Å². The normalized spacial score (nSPS) is 11.4. The topological polar surface area (TPSA) is 62.2 Å². The summed E-state index contributed by atoms with van der Waals surface area (Å²) in [5.41, 5.74) is 4.42. The van der Waals surface area contributed by atoms with Crippen LogP contribution >= 0.6 is 11.3 Å². The number of benzene rings is 1. The highest BCUT2D eigenvalue weighted by Gasteiger charge is 2.05. The molecule has 0 aliphatic carbocycles. The highest BCUT2D eigenvalue weighted by Crippen LogP contribution is 2.18. The molecule has 2 aromatic heterocycles. The molecular formula is C21H25N5S. The highest BCUT2D eigenvalue weighted by molar-refractivity contribution is 7.11. The maximum absolute atomic E-state index is 4.58. The van der Waals surface area contributed by atoms with E-state index in [0.717, 1.165) is 40.9 Å². The third-order valence-corrected chi connectivity index (χ3v) is 5.41. The molecule has 0 unspecified atom stereocenters. The average Bonchev–Trinajstić information content (AvgIpc) is 3.03. The zero-order valence-electron chi connectivity index (χ0n) is 16.0. The molecule has 0 aliphatic heterocycles. The van der Waals surface area contributed by atoms with Crippen LogP contribution in [0.5, 0.6) is 0 Å². The minimum absolute atomic E-state index is 0.704. The Bertz CT molecular complexity index is 882. The Hall–Kier alpha value is -2.73. The monoisotopic (exact) mass is 379 g/mol. The number of guanidine groups is 1. The van der Waals surface area contributed by atoms with Gasteiger partial charge in [-0.2, -0.15) is 0 Å². The van der Waals surface area contributed by atoms with Crippen molar-refractivity contribution < 1.29 is 0 Å². The van der Waals surface area contributed by atoms with Crippen molar-refractivity contribution in [3.8, 4) is 11.3 Å². The molecule has 0 atom stereocenters. The lowest BCUT2D eigenvalue weighted by molar-refractivity contribution is 0.791. The molecule has 3 rings (SSSR count). The van der Waals surface area contributed by atoms with E-state index < -0.39 is 0 Å². The number of aromatic nitrogens is 2. The van der Waals surface area contributed by atoms with Gasteiger partial charge in [-0.05, 0) is 37.6 Å². The number of rotatable bonds is 6. The van der Waals surface area contributed by atoms with Gasteiger partial charge in [-0.1, -0.05) is 24.3 Å². The van der Waals surface area contributed by atoms with Crippen molar-refractivity contribution in [3.05, 3.63) is 69.8 Å². The van der Waals surface area contributed by atoms with E-state index in [1.165, 1.54) is 10.4 Å². The third-order valence-electron chi connectivity index (χ3n) is 4.28. The first-order valence-corrected chi connectivity index (χ1v) is 9.85. The van der Waals surface area contributed by atoms with Crippen molar-refractivity contribution in [1.29, 1.82) is 0 Å². The maximum atomic E-state index is 4.58. The Morgan fingerprint density at radius 3 is 2.70 bits per heavy atom. The van der Waals surface area contributed by atoms with Gasteiger partial charge in [-0.15, -0.1) is 11.3 Å². The molecule has 0 aliphatic rings. The van der Waals surface area contributed by atoms with Crippen molar-refractivity contribution in [2.75, 3.05) is 13.6 Å². The average molecular weight is 380 g/mol. The first kappa shape index (κ1) is 19.0. The molecular weight excluding hydrogens is 354 g/mol. The number of hydrogen-bond donors (Lipinski definition) is 2. The second kappa shape index (κ2) is 9.28. The third kappa shape index (κ3) is 5.37. The number of hydrogen-bond acceptors (Lipinski definition) is 4. The number of pyridine rings is 1. The van der Waals surface area contributed by atoms with Crippen LogP contribution in [0.3, 0.4) is 0 Å². The SMILES string of the molecule is CN=C(NCCc1nc(C)c(C)s1)NCc1cccc(-c2ccccn2)c1. The van der Waals surface area contributed by atoms with Crippen molar-refractivity contribution in [3.63, 3.8) is 0 Å². The summed E-state index contributed by atoms with van der Waals surface area (Å²) in [4.78, 5) is 14.6. The van der Waals surface area contributed by atoms with Crippen LogP contribution in [0, 0.1) is 13.8 Å². The van der Waals surface area contributed by atoms with Crippen LogP contribution in [-0.4, -0.2) is 29.5 Å². The van der Waals surface area contributed by atoms with Crippen molar-refractivity contribution >= 4 is 17.3 Å². The zero-order valence-corrected chi connectivity index (χ0v) is 16.8. The first-order valence-electron chi connectivity index (χ1n) is 9.03. The van der Waals surface area contributed by atoms with Crippen molar-refractivity contribution in [2.45, 2.75) is 26.8 Å². The van der Waals surface area contributed by atoms with Crippen LogP contribution in [0.1, 0.15) is 21.1 Å². The molecule has 0 fully saturated rings. The number of nitrogens with one attached hydrogen (secondary N) is 2. The summed E-state index contributed by atoms with van der Waals surface area (Å²) < 4.78 is 0. The van der Waals surface area contributed by atoms with Crippen LogP contribution in [0.4, 0.5) is 0 Å². The van der Waals surface area contributed by atoms with Gasteiger partial charge in [0, 0.05) is 43.2 Å². The molecule has 2 N–H and O–H groups in total. The van der Waals surface area contributed by atoms with Gasteiger partial charge in [0.15, 0.2) is 5.96 Å². The lowest BCUT2D eigenvalue weighted by Crippen LogP contribution is -2.37. The summed E-state index contributed by atoms with van der Waals surface area (Å²) in [5.74, 6) is 0.795. The van der Waals surface area contributed by atoms with Crippen LogP contribution in [0.25, 0.3) is 11.3 Å². The minimum Gasteiger partial charge on any atom is -0.356 e. The summed E-state index contributed by atoms with van der Waals surface area (Å²) in [6.45, 7) is 5.68. The van der Waals surface area contributed by atoms with Crippen LogP contribution in [0.15, 0.2) is 53.7 Å². The van der Waals surface area contributed by atoms with E-state index >= 15 is 0 Å². The number of thiazole rings is 1. The summed E-state index contributed by atoms with van der Waals surface area (Å²) in [5, 5.41) is 7.89. The molecule has 140 valence electrons. The van der Waals surface area contributed by atoms with Crippen LogP contribution < -0.4 is 10.6 Å². The molecule has 2 heterocycles. The summed E-state index contributed by atoms with van der Waals surface area (Å²) in [7, 11) is 1.79. The molecule has 6 heteroatoms. The van der Waals surface area contributed by atoms with Gasteiger partial charge >= 0.3 is 0 Å². The zero-order chi connectivity index (χ0) is 19.1. The standard InChI is InChI=1S/C21H25N5S/c1-15-16(2)27-20(26-15)10-12-24-21(22-3)25-14-17-7-6-8-18(13-17)19-9-4-5-11-23-19/h4-9,11,13H,10,12,14H2,1-3H3,(H2,22,24,25). The molecule has 0 radical (unpaired) electrons. The molecule has 5 nitrogen and oxygen atoms in total. The van der Waals surface area contributed by atoms with Gasteiger partial charge in [0.05, 0.1) is 16.4 Å². The largest absolute Gasteiger partial charge is 0.356 e. The smallest absolute Gasteiger partial charge is 0.191 e. The first-order chi connectivity index (χ1) is 13.2. The number of aliphatic imine (C=N–C) groups is 1. The quantitative estimate of drug-likeness (QED) is 0.506. The molecule has 0 saturated carbocycles. The fraction of sp³-hybridized carbons (Fsp3) is 0.286. The Balaban J connectivity index is 1.52. The van der Waals surface area contributed by atoms with E-state index in [1.807, 2.05) is 24.4 Å². The van der Waals surface area contributed by atoms with Crippen molar-refractivity contribution in [1.82, 2.24) is 20.6 Å². The predicted octanol–water partition coefficient (Wildman–Crippen LogP) is 3.73. The molecule has 0 amide bonds. The van der Waals surface area contributed by atoms with Crippen LogP contribution in [-0.2, 0) is 13.0 Å². The van der Waals surface area contributed by atoms with Gasteiger partial charge in [0.1, 0.15) is 0 Å². The second-order valence-corrected chi connectivity index (χ2v) is 7.55. The summed E-state index contributed by atoms with van der Waals surface area (Å²) >= 11 is 1.77. The van der Waals surface area contributed by atoms with E-state index in [0.29, 0.717) is 6.54 Å². The molecule has 27 heavy (non-hydrogen) atoms. The van der Waals surface area contributed by atoms with Crippen LogP contribution in [0.2, 0.25) is 0 Å². The number of aryl methyl sites for hydroxylation is 2. The Kier molecular flexibility index (Phi) is 6.54. The summed E-state index contributed by atoms with van der Waals surface area (Å²) in [6, 6.07) is 14.4. The predicted molar refractivity (Wildman–Crippen MR) is 113 cm³/mol. The Labute approximate surface area is 164 Å². The van der Waals surface area contributed by atoms with Gasteiger partial charge in [0.2, 0.25) is 0 Å². The molecule has 1 aromatic carbocycles. The fourth-order valence-corrected chi connectivity index (χ4v) is 3.65. The van der Waals surface area contributed by atoms with E-state index in [-0.39, 0.29) is 0 Å². The van der Waals surface area contributed by atoms with Gasteiger partial charge < -0.3 is 10.6 Å². The molecule has 0 saturated heterocycles. The minimum atomic E-state index is 0.704. The van der Waals surface area contributed by atoms with Gasteiger partial charge in [-0.3, -0.25) is 9.98 Å². The molecule has 0 spiro atoms. The lowest BCUT2D eigenvalue weighted by Gasteiger charge is -2.12. The maximum Gasteiger partial charge on any atom is 0.191 e. The van der Waals surface area contributed by atoms with E-state index in [1.54, 1.807) is 18.4 Å². The highest BCUT2D eigenvalue weighted by atomic mass is 32.1. The second-order valence-electron chi connectivity index (χ2n) is 6.27. The summed E-state index contributed by atoms with van der Waals surface area (Å²) in [6.07, 6.45) is 2.71. The fourth-order valence-electron chi connectivity index (χ4n) is 2.71. The van der Waals surface area contributed by atoms with E-state index in [2.05, 4.69) is 63.7 Å². The van der Waals surface area contributed by atoms with Crippen molar-refractivity contribution in [2.24, 2.45) is 4.99 Å².